The van der Waals surface area contributed by atoms with E-state index in [4.69, 9.17) is 0 Å². The topological polar surface area (TPSA) is 0 Å². The van der Waals surface area contributed by atoms with Crippen LogP contribution in [-0.4, -0.2) is 0 Å². The average Bonchev–Trinajstić information content (AvgIpc) is 2.48. The van der Waals surface area contributed by atoms with Crippen molar-refractivity contribution in [2.45, 2.75) is 44.9 Å². The lowest BCUT2D eigenvalue weighted by molar-refractivity contribution is 0.324. The van der Waals surface area contributed by atoms with Gasteiger partial charge in [-0.3, -0.25) is 0 Å². The predicted molar refractivity (Wildman–Crippen MR) is 86.0 cm³/mol. The number of hydrogen-bond donors (Lipinski definition) is 0. The Kier molecular flexibility index (Phi) is 4.38. The first-order chi connectivity index (χ1) is 10.2. The second kappa shape index (κ2) is 6.43. The van der Waals surface area contributed by atoms with Gasteiger partial charge in [0.1, 0.15) is 5.82 Å². The second-order valence-electron chi connectivity index (χ2n) is 6.47. The normalized spacial score (nSPS) is 22.2. The molecule has 0 bridgehead atoms. The highest BCUT2D eigenvalue weighted by Gasteiger charge is 2.22. The zero-order valence-corrected chi connectivity index (χ0v) is 12.7. The maximum atomic E-state index is 13.5. The monoisotopic (exact) mass is 282 g/mol. The van der Waals surface area contributed by atoms with Crippen LogP contribution in [0.25, 0.3) is 0 Å². The summed E-state index contributed by atoms with van der Waals surface area (Å²) in [5.41, 5.74) is 3.68. The highest BCUT2D eigenvalue weighted by molar-refractivity contribution is 5.24. The maximum absolute atomic E-state index is 13.5. The average molecular weight is 282 g/mol. The summed E-state index contributed by atoms with van der Waals surface area (Å²) < 4.78 is 13.5. The van der Waals surface area contributed by atoms with Gasteiger partial charge in [0.15, 0.2) is 0 Å². The van der Waals surface area contributed by atoms with Crippen LogP contribution in [0, 0.1) is 18.7 Å². The van der Waals surface area contributed by atoms with Gasteiger partial charge in [-0.15, -0.1) is 0 Å². The van der Waals surface area contributed by atoms with Crippen LogP contribution in [0.5, 0.6) is 0 Å². The van der Waals surface area contributed by atoms with Crippen LogP contribution >= 0.6 is 0 Å². The van der Waals surface area contributed by atoms with E-state index in [9.17, 15) is 4.39 Å². The van der Waals surface area contributed by atoms with E-state index in [0.717, 1.165) is 23.5 Å². The molecular formula is C20H23F. The van der Waals surface area contributed by atoms with Crippen molar-refractivity contribution in [1.82, 2.24) is 0 Å². The van der Waals surface area contributed by atoms with E-state index in [-0.39, 0.29) is 5.82 Å². The van der Waals surface area contributed by atoms with Crippen LogP contribution in [-0.2, 0) is 6.42 Å². The Morgan fingerprint density at radius 1 is 0.952 bits per heavy atom. The van der Waals surface area contributed by atoms with Gasteiger partial charge in [0.2, 0.25) is 0 Å². The Morgan fingerprint density at radius 2 is 1.67 bits per heavy atom. The molecule has 0 atom stereocenters. The molecule has 0 amide bonds. The van der Waals surface area contributed by atoms with Crippen molar-refractivity contribution >= 4 is 0 Å². The molecule has 0 saturated heterocycles. The van der Waals surface area contributed by atoms with Crippen LogP contribution < -0.4 is 0 Å². The van der Waals surface area contributed by atoms with Crippen LogP contribution in [0.15, 0.2) is 48.5 Å². The Labute approximate surface area is 127 Å². The smallest absolute Gasteiger partial charge is 0.123 e. The third-order valence-electron chi connectivity index (χ3n) is 4.74. The molecular weight excluding hydrogens is 259 g/mol. The molecule has 1 saturated carbocycles. The molecule has 1 fully saturated rings. The van der Waals surface area contributed by atoms with E-state index >= 15 is 0 Å². The van der Waals surface area contributed by atoms with Crippen molar-refractivity contribution in [1.29, 1.82) is 0 Å². The standard InChI is InChI=1S/C20H23F/c1-15-11-17(14-20(21)12-15)13-16-7-9-19(10-8-16)18-5-3-2-4-6-18/h2-6,11-12,14,16,19H,7-10,13H2,1H3. The largest absolute Gasteiger partial charge is 0.207 e. The predicted octanol–water partition coefficient (Wildman–Crippen LogP) is 5.65. The van der Waals surface area contributed by atoms with E-state index in [1.807, 2.05) is 6.92 Å². The van der Waals surface area contributed by atoms with E-state index in [0.29, 0.717) is 5.92 Å². The van der Waals surface area contributed by atoms with Crippen LogP contribution in [0.3, 0.4) is 0 Å². The first-order valence-electron chi connectivity index (χ1n) is 8.02. The van der Waals surface area contributed by atoms with E-state index in [1.165, 1.54) is 31.2 Å². The molecule has 0 N–H and O–H groups in total. The van der Waals surface area contributed by atoms with Crippen molar-refractivity contribution in [2.75, 3.05) is 0 Å². The first-order valence-corrected chi connectivity index (χ1v) is 8.02. The summed E-state index contributed by atoms with van der Waals surface area (Å²) >= 11 is 0. The van der Waals surface area contributed by atoms with Gasteiger partial charge in [-0.2, -0.15) is 0 Å². The molecule has 110 valence electrons. The molecule has 2 aromatic rings. The zero-order valence-electron chi connectivity index (χ0n) is 12.7. The zero-order chi connectivity index (χ0) is 14.7. The third-order valence-corrected chi connectivity index (χ3v) is 4.74. The third kappa shape index (κ3) is 3.72. The van der Waals surface area contributed by atoms with Crippen LogP contribution in [0.1, 0.15) is 48.3 Å². The fourth-order valence-electron chi connectivity index (χ4n) is 3.69. The highest BCUT2D eigenvalue weighted by atomic mass is 19.1. The van der Waals surface area contributed by atoms with Crippen molar-refractivity contribution in [3.05, 3.63) is 71.0 Å². The summed E-state index contributed by atoms with van der Waals surface area (Å²) in [6.07, 6.45) is 6.08. The maximum Gasteiger partial charge on any atom is 0.123 e. The Balaban J connectivity index is 1.58. The number of halogens is 1. The number of aryl methyl sites for hydroxylation is 1. The molecule has 0 spiro atoms. The minimum absolute atomic E-state index is 0.0945. The lowest BCUT2D eigenvalue weighted by Gasteiger charge is -2.29. The summed E-state index contributed by atoms with van der Waals surface area (Å²) in [6.45, 7) is 1.97. The second-order valence-corrected chi connectivity index (χ2v) is 6.47. The van der Waals surface area contributed by atoms with Crippen LogP contribution in [0.2, 0.25) is 0 Å². The number of rotatable bonds is 3. The molecule has 1 aliphatic rings. The molecule has 0 radical (unpaired) electrons. The minimum Gasteiger partial charge on any atom is -0.207 e. The Bertz CT molecular complexity index is 560. The van der Waals surface area contributed by atoms with Gasteiger partial charge in [0.25, 0.3) is 0 Å². The fraction of sp³-hybridized carbons (Fsp3) is 0.400. The van der Waals surface area contributed by atoms with Gasteiger partial charge in [-0.25, -0.2) is 4.39 Å². The Morgan fingerprint density at radius 3 is 2.33 bits per heavy atom. The molecule has 3 rings (SSSR count). The fourth-order valence-corrected chi connectivity index (χ4v) is 3.69. The summed E-state index contributed by atoms with van der Waals surface area (Å²) in [6, 6.07) is 16.3. The summed E-state index contributed by atoms with van der Waals surface area (Å²) in [7, 11) is 0. The Hall–Kier alpha value is -1.63. The lowest BCUT2D eigenvalue weighted by atomic mass is 9.76. The van der Waals surface area contributed by atoms with Gasteiger partial charge in [-0.1, -0.05) is 36.4 Å². The molecule has 0 unspecified atom stereocenters. The lowest BCUT2D eigenvalue weighted by Crippen LogP contribution is -2.15. The van der Waals surface area contributed by atoms with Crippen molar-refractivity contribution in [2.24, 2.45) is 5.92 Å². The molecule has 0 nitrogen and oxygen atoms in total. The number of benzene rings is 2. The highest BCUT2D eigenvalue weighted by Crippen LogP contribution is 2.37. The van der Waals surface area contributed by atoms with Crippen molar-refractivity contribution < 1.29 is 4.39 Å². The molecule has 2 aromatic carbocycles. The van der Waals surface area contributed by atoms with Gasteiger partial charge < -0.3 is 0 Å². The van der Waals surface area contributed by atoms with Gasteiger partial charge >= 0.3 is 0 Å². The van der Waals surface area contributed by atoms with Crippen LogP contribution in [0.4, 0.5) is 4.39 Å². The molecule has 21 heavy (non-hydrogen) atoms. The molecule has 0 aliphatic heterocycles. The quantitative estimate of drug-likeness (QED) is 0.682. The summed E-state index contributed by atoms with van der Waals surface area (Å²) in [4.78, 5) is 0. The first kappa shape index (κ1) is 14.3. The van der Waals surface area contributed by atoms with Gasteiger partial charge in [0, 0.05) is 0 Å². The molecule has 0 aromatic heterocycles. The minimum atomic E-state index is -0.0945. The number of hydrogen-bond acceptors (Lipinski definition) is 0. The van der Waals surface area contributed by atoms with E-state index < -0.39 is 0 Å². The van der Waals surface area contributed by atoms with E-state index in [2.05, 4.69) is 36.4 Å². The molecule has 1 aliphatic carbocycles. The van der Waals surface area contributed by atoms with Crippen molar-refractivity contribution in [3.8, 4) is 0 Å². The van der Waals surface area contributed by atoms with E-state index in [1.54, 1.807) is 12.1 Å². The SMILES string of the molecule is Cc1cc(F)cc(CC2CCC(c3ccccc3)CC2)c1. The van der Waals surface area contributed by atoms with Crippen molar-refractivity contribution in [3.63, 3.8) is 0 Å². The van der Waals surface area contributed by atoms with Gasteiger partial charge in [0.05, 0.1) is 0 Å². The molecule has 0 heterocycles. The molecule has 1 heteroatoms. The summed E-state index contributed by atoms with van der Waals surface area (Å²) in [5, 5.41) is 0. The summed E-state index contributed by atoms with van der Waals surface area (Å²) in [5.74, 6) is 1.34. The van der Waals surface area contributed by atoms with Gasteiger partial charge in [-0.05, 0) is 79.7 Å².